The number of benzene rings is 1. The van der Waals surface area contributed by atoms with Gasteiger partial charge in [0.25, 0.3) is 0 Å². The van der Waals surface area contributed by atoms with Crippen molar-refractivity contribution in [1.82, 2.24) is 19.9 Å². The number of hydrogen-bond donors (Lipinski definition) is 1. The third kappa shape index (κ3) is 5.56. The fourth-order valence-corrected chi connectivity index (χ4v) is 5.53. The molecule has 0 bridgehead atoms. The lowest BCUT2D eigenvalue weighted by molar-refractivity contribution is -0.116. The highest BCUT2D eigenvalue weighted by Gasteiger charge is 2.31. The van der Waals surface area contributed by atoms with Gasteiger partial charge in [-0.2, -0.15) is 0 Å². The number of hydrogen-bond acceptors (Lipinski definition) is 8. The predicted octanol–water partition coefficient (Wildman–Crippen LogP) is 4.67. The average molecular weight is 551 g/mol. The standard InChI is InChI=1S/C29H36F2N8O/c1-18(2)38-12-13-39(19(3)40)28-23(30)14-20(15-25(28)38)27-24(31)17-33-29(35-27)34-26-7-6-22(16-32-26)37-10-8-21(9-11-37)36(4)5/h6-7,14-18,21H,8-13H2,1-5H3,(H,32,33,34,35). The molecule has 0 atom stereocenters. The number of piperidine rings is 1. The summed E-state index contributed by atoms with van der Waals surface area (Å²) in [5.74, 6) is -0.860. The van der Waals surface area contributed by atoms with E-state index in [9.17, 15) is 9.18 Å². The number of anilines is 5. The Bertz CT molecular complexity index is 1370. The average Bonchev–Trinajstić information content (AvgIpc) is 2.93. The maximum absolute atomic E-state index is 15.5. The van der Waals surface area contributed by atoms with Gasteiger partial charge < -0.3 is 24.9 Å². The number of nitrogens with zero attached hydrogens (tertiary/aromatic N) is 7. The van der Waals surface area contributed by atoms with E-state index in [0.29, 0.717) is 30.6 Å². The topological polar surface area (TPSA) is 80.7 Å². The van der Waals surface area contributed by atoms with Crippen LogP contribution in [0.1, 0.15) is 33.6 Å². The van der Waals surface area contributed by atoms with E-state index in [1.54, 1.807) is 6.07 Å². The normalized spacial score (nSPS) is 16.1. The quantitative estimate of drug-likeness (QED) is 0.474. The Hall–Kier alpha value is -3.86. The molecular formula is C29H36F2N8O. The lowest BCUT2D eigenvalue weighted by Gasteiger charge is -2.40. The minimum atomic E-state index is -0.676. The number of carbonyl (C=O) groups is 1. The van der Waals surface area contributed by atoms with Crippen molar-refractivity contribution >= 4 is 34.7 Å². The molecule has 5 rings (SSSR count). The van der Waals surface area contributed by atoms with Gasteiger partial charge in [0.2, 0.25) is 11.9 Å². The van der Waals surface area contributed by atoms with Gasteiger partial charge in [-0.3, -0.25) is 4.79 Å². The molecule has 212 valence electrons. The molecule has 1 fully saturated rings. The molecule has 2 aliphatic heterocycles. The van der Waals surface area contributed by atoms with E-state index in [1.807, 2.05) is 37.1 Å². The van der Waals surface area contributed by atoms with Gasteiger partial charge in [0.15, 0.2) is 5.82 Å². The second-order valence-electron chi connectivity index (χ2n) is 10.9. The molecule has 0 spiro atoms. The van der Waals surface area contributed by atoms with Crippen LogP contribution in [0.2, 0.25) is 0 Å². The van der Waals surface area contributed by atoms with Gasteiger partial charge in [-0.25, -0.2) is 23.7 Å². The number of pyridine rings is 1. The molecule has 2 aliphatic rings. The van der Waals surface area contributed by atoms with Gasteiger partial charge in [-0.15, -0.1) is 0 Å². The van der Waals surface area contributed by atoms with Crippen molar-refractivity contribution in [2.75, 3.05) is 60.3 Å². The predicted molar refractivity (Wildman–Crippen MR) is 154 cm³/mol. The van der Waals surface area contributed by atoms with E-state index >= 15 is 4.39 Å². The highest BCUT2D eigenvalue weighted by atomic mass is 19.1. The number of amides is 1. The van der Waals surface area contributed by atoms with E-state index in [4.69, 9.17) is 0 Å². The van der Waals surface area contributed by atoms with Crippen molar-refractivity contribution in [2.45, 2.75) is 45.7 Å². The van der Waals surface area contributed by atoms with Crippen LogP contribution in [0, 0.1) is 11.6 Å². The van der Waals surface area contributed by atoms with Crippen molar-refractivity contribution in [3.05, 3.63) is 48.3 Å². The Balaban J connectivity index is 1.38. The summed E-state index contributed by atoms with van der Waals surface area (Å²) in [5, 5.41) is 3.04. The monoisotopic (exact) mass is 550 g/mol. The van der Waals surface area contributed by atoms with Gasteiger partial charge in [-0.1, -0.05) is 0 Å². The summed E-state index contributed by atoms with van der Waals surface area (Å²) < 4.78 is 30.5. The van der Waals surface area contributed by atoms with Crippen molar-refractivity contribution in [2.24, 2.45) is 0 Å². The van der Waals surface area contributed by atoms with E-state index < -0.39 is 11.6 Å². The Kier molecular flexibility index (Phi) is 7.84. The van der Waals surface area contributed by atoms with Crippen LogP contribution in [0.15, 0.2) is 36.7 Å². The van der Waals surface area contributed by atoms with Crippen LogP contribution in [0.5, 0.6) is 0 Å². The first kappa shape index (κ1) is 27.7. The molecule has 40 heavy (non-hydrogen) atoms. The number of nitrogens with one attached hydrogen (secondary N) is 1. The summed E-state index contributed by atoms with van der Waals surface area (Å²) in [6, 6.07) is 7.41. The summed E-state index contributed by atoms with van der Waals surface area (Å²) in [7, 11) is 4.24. The fourth-order valence-electron chi connectivity index (χ4n) is 5.53. The Morgan fingerprint density at radius 1 is 1.02 bits per heavy atom. The van der Waals surface area contributed by atoms with Crippen LogP contribution in [0.3, 0.4) is 0 Å². The molecule has 0 saturated carbocycles. The zero-order valence-corrected chi connectivity index (χ0v) is 23.7. The van der Waals surface area contributed by atoms with E-state index in [2.05, 4.69) is 44.2 Å². The first-order valence-electron chi connectivity index (χ1n) is 13.7. The van der Waals surface area contributed by atoms with Gasteiger partial charge in [0.05, 0.1) is 23.8 Å². The Morgan fingerprint density at radius 3 is 2.40 bits per heavy atom. The third-order valence-corrected chi connectivity index (χ3v) is 7.76. The number of halogens is 2. The molecule has 11 heteroatoms. The molecule has 0 radical (unpaired) electrons. The highest BCUT2D eigenvalue weighted by molar-refractivity contribution is 5.97. The van der Waals surface area contributed by atoms with Gasteiger partial charge in [0.1, 0.15) is 23.0 Å². The zero-order chi connectivity index (χ0) is 28.6. The molecular weight excluding hydrogens is 514 g/mol. The zero-order valence-electron chi connectivity index (χ0n) is 23.7. The number of rotatable bonds is 6. The number of aromatic nitrogens is 3. The largest absolute Gasteiger partial charge is 0.370 e. The first-order valence-corrected chi connectivity index (χ1v) is 13.7. The fraction of sp³-hybridized carbons (Fsp3) is 0.448. The van der Waals surface area contributed by atoms with Crippen LogP contribution < -0.4 is 20.0 Å². The van der Waals surface area contributed by atoms with Crippen molar-refractivity contribution < 1.29 is 13.6 Å². The molecule has 0 unspecified atom stereocenters. The van der Waals surface area contributed by atoms with Gasteiger partial charge in [0, 0.05) is 50.7 Å². The molecule has 1 aromatic carbocycles. The molecule has 9 nitrogen and oxygen atoms in total. The Labute approximate surface area is 233 Å². The maximum atomic E-state index is 15.5. The SMILES string of the molecule is CC(=O)N1CCN(C(C)C)c2cc(-c3nc(Nc4ccc(N5CCC(N(C)C)CC5)cn4)ncc3F)cc(F)c21. The van der Waals surface area contributed by atoms with Crippen LogP contribution in [0.4, 0.5) is 37.6 Å². The van der Waals surface area contributed by atoms with E-state index in [0.717, 1.165) is 37.8 Å². The second-order valence-corrected chi connectivity index (χ2v) is 10.9. The minimum Gasteiger partial charge on any atom is -0.370 e. The number of fused-ring (bicyclic) bond motifs is 1. The smallest absolute Gasteiger partial charge is 0.229 e. The van der Waals surface area contributed by atoms with Crippen molar-refractivity contribution in [3.63, 3.8) is 0 Å². The Morgan fingerprint density at radius 2 is 1.77 bits per heavy atom. The lowest BCUT2D eigenvalue weighted by atomic mass is 10.0. The summed E-state index contributed by atoms with van der Waals surface area (Å²) >= 11 is 0. The maximum Gasteiger partial charge on any atom is 0.229 e. The summed E-state index contributed by atoms with van der Waals surface area (Å²) in [4.78, 5) is 33.2. The van der Waals surface area contributed by atoms with Crippen molar-refractivity contribution in [1.29, 1.82) is 0 Å². The summed E-state index contributed by atoms with van der Waals surface area (Å²) in [6.07, 6.45) is 5.07. The molecule has 1 saturated heterocycles. The highest BCUT2D eigenvalue weighted by Crippen LogP contribution is 2.40. The van der Waals surface area contributed by atoms with E-state index in [1.165, 1.54) is 17.9 Å². The van der Waals surface area contributed by atoms with Crippen LogP contribution >= 0.6 is 0 Å². The van der Waals surface area contributed by atoms with Crippen LogP contribution in [-0.2, 0) is 4.79 Å². The molecule has 1 amide bonds. The molecule has 2 aromatic heterocycles. The third-order valence-electron chi connectivity index (χ3n) is 7.76. The van der Waals surface area contributed by atoms with Gasteiger partial charge in [-0.05, 0) is 65.0 Å². The van der Waals surface area contributed by atoms with Crippen LogP contribution in [-0.4, -0.2) is 78.1 Å². The first-order chi connectivity index (χ1) is 19.1. The van der Waals surface area contributed by atoms with Crippen molar-refractivity contribution in [3.8, 4) is 11.3 Å². The second kappa shape index (κ2) is 11.3. The number of carbonyl (C=O) groups excluding carboxylic acids is 1. The van der Waals surface area contributed by atoms with E-state index in [-0.39, 0.29) is 34.8 Å². The minimum absolute atomic E-state index is 0.0387. The lowest BCUT2D eigenvalue weighted by Crippen LogP contribution is -2.46. The summed E-state index contributed by atoms with van der Waals surface area (Å²) in [5.41, 5.74) is 2.01. The van der Waals surface area contributed by atoms with Gasteiger partial charge >= 0.3 is 0 Å². The van der Waals surface area contributed by atoms with Crippen LogP contribution in [0.25, 0.3) is 11.3 Å². The molecule has 1 N–H and O–H groups in total. The molecule has 4 heterocycles. The molecule has 0 aliphatic carbocycles. The summed E-state index contributed by atoms with van der Waals surface area (Å²) in [6.45, 7) is 8.27. The molecule has 3 aromatic rings.